The van der Waals surface area contributed by atoms with Gasteiger partial charge in [-0.15, -0.1) is 0 Å². The van der Waals surface area contributed by atoms with Gasteiger partial charge in [-0.2, -0.15) is 0 Å². The van der Waals surface area contributed by atoms with Crippen LogP contribution in [0.1, 0.15) is 36.0 Å². The van der Waals surface area contributed by atoms with Crippen molar-refractivity contribution in [1.29, 1.82) is 0 Å². The Bertz CT molecular complexity index is 377. The molecule has 1 N–H and O–H groups in total. The van der Waals surface area contributed by atoms with Gasteiger partial charge >= 0.3 is 0 Å². The molecule has 0 unspecified atom stereocenters. The lowest BCUT2D eigenvalue weighted by atomic mass is 9.83. The SMILES string of the molecule is O=C(NCCC1CCC1)c1cccnc1Cl. The summed E-state index contributed by atoms with van der Waals surface area (Å²) >= 11 is 5.83. The van der Waals surface area contributed by atoms with Gasteiger partial charge in [-0.3, -0.25) is 4.79 Å². The van der Waals surface area contributed by atoms with Crippen molar-refractivity contribution in [2.75, 3.05) is 6.54 Å². The molecule has 1 fully saturated rings. The summed E-state index contributed by atoms with van der Waals surface area (Å²) in [6, 6.07) is 3.40. The average molecular weight is 239 g/mol. The zero-order valence-corrected chi connectivity index (χ0v) is 9.83. The smallest absolute Gasteiger partial charge is 0.254 e. The molecule has 2 rings (SSSR count). The van der Waals surface area contributed by atoms with E-state index in [-0.39, 0.29) is 11.1 Å². The summed E-state index contributed by atoms with van der Waals surface area (Å²) in [5.74, 6) is 0.682. The molecule has 16 heavy (non-hydrogen) atoms. The second kappa shape index (κ2) is 5.30. The van der Waals surface area contributed by atoms with E-state index in [1.54, 1.807) is 18.3 Å². The Morgan fingerprint density at radius 2 is 2.38 bits per heavy atom. The molecule has 4 heteroatoms. The van der Waals surface area contributed by atoms with E-state index < -0.39 is 0 Å². The minimum Gasteiger partial charge on any atom is -0.352 e. The van der Waals surface area contributed by atoms with Crippen molar-refractivity contribution in [1.82, 2.24) is 10.3 Å². The molecule has 1 saturated carbocycles. The maximum atomic E-state index is 11.7. The van der Waals surface area contributed by atoms with Crippen LogP contribution in [0.2, 0.25) is 5.15 Å². The molecule has 1 heterocycles. The third-order valence-corrected chi connectivity index (χ3v) is 3.37. The Kier molecular flexibility index (Phi) is 3.78. The maximum absolute atomic E-state index is 11.7. The predicted octanol–water partition coefficient (Wildman–Crippen LogP) is 2.66. The fourth-order valence-corrected chi connectivity index (χ4v) is 2.03. The van der Waals surface area contributed by atoms with Gasteiger partial charge in [-0.05, 0) is 24.5 Å². The molecule has 0 aliphatic heterocycles. The van der Waals surface area contributed by atoms with Crippen molar-refractivity contribution in [3.63, 3.8) is 0 Å². The standard InChI is InChI=1S/C12H15ClN2O/c13-11-10(5-2-7-14-11)12(16)15-8-6-9-3-1-4-9/h2,5,7,9H,1,3-4,6,8H2,(H,15,16). The molecular weight excluding hydrogens is 224 g/mol. The lowest BCUT2D eigenvalue weighted by Gasteiger charge is -2.25. The highest BCUT2D eigenvalue weighted by Crippen LogP contribution is 2.28. The molecule has 0 spiro atoms. The van der Waals surface area contributed by atoms with Crippen molar-refractivity contribution < 1.29 is 4.79 Å². The van der Waals surface area contributed by atoms with Crippen molar-refractivity contribution in [2.45, 2.75) is 25.7 Å². The molecular formula is C12H15ClN2O. The Morgan fingerprint density at radius 1 is 1.56 bits per heavy atom. The van der Waals surface area contributed by atoms with Crippen LogP contribution in [0, 0.1) is 5.92 Å². The lowest BCUT2D eigenvalue weighted by molar-refractivity contribution is 0.0949. The van der Waals surface area contributed by atoms with Crippen molar-refractivity contribution in [3.05, 3.63) is 29.0 Å². The first-order chi connectivity index (χ1) is 7.77. The largest absolute Gasteiger partial charge is 0.352 e. The molecule has 0 saturated heterocycles. The van der Waals surface area contributed by atoms with E-state index >= 15 is 0 Å². The van der Waals surface area contributed by atoms with Crippen LogP contribution in [-0.4, -0.2) is 17.4 Å². The number of amides is 1. The second-order valence-corrected chi connectivity index (χ2v) is 4.54. The maximum Gasteiger partial charge on any atom is 0.254 e. The van der Waals surface area contributed by atoms with E-state index in [1.165, 1.54) is 19.3 Å². The lowest BCUT2D eigenvalue weighted by Crippen LogP contribution is -2.27. The average Bonchev–Trinajstić information content (AvgIpc) is 2.22. The summed E-state index contributed by atoms with van der Waals surface area (Å²) in [7, 11) is 0. The number of hydrogen-bond acceptors (Lipinski definition) is 2. The molecule has 1 aromatic heterocycles. The molecule has 0 aromatic carbocycles. The quantitative estimate of drug-likeness (QED) is 0.820. The third-order valence-electron chi connectivity index (χ3n) is 3.07. The normalized spacial score (nSPS) is 15.6. The van der Waals surface area contributed by atoms with E-state index in [0.29, 0.717) is 5.56 Å². The Hall–Kier alpha value is -1.09. The van der Waals surface area contributed by atoms with E-state index in [0.717, 1.165) is 18.9 Å². The first-order valence-electron chi connectivity index (χ1n) is 5.66. The zero-order chi connectivity index (χ0) is 11.4. The first-order valence-corrected chi connectivity index (χ1v) is 6.04. The van der Waals surface area contributed by atoms with Gasteiger partial charge in [-0.25, -0.2) is 4.98 Å². The molecule has 1 aliphatic carbocycles. The summed E-state index contributed by atoms with van der Waals surface area (Å²) in [6.45, 7) is 0.731. The van der Waals surface area contributed by atoms with E-state index in [9.17, 15) is 4.79 Å². The minimum atomic E-state index is -0.127. The summed E-state index contributed by atoms with van der Waals surface area (Å²) in [6.07, 6.45) is 6.61. The summed E-state index contributed by atoms with van der Waals surface area (Å²) < 4.78 is 0. The Morgan fingerprint density at radius 3 is 3.00 bits per heavy atom. The van der Waals surface area contributed by atoms with Gasteiger partial charge in [0.15, 0.2) is 0 Å². The molecule has 0 bridgehead atoms. The zero-order valence-electron chi connectivity index (χ0n) is 9.08. The number of aromatic nitrogens is 1. The van der Waals surface area contributed by atoms with Gasteiger partial charge in [0.25, 0.3) is 5.91 Å². The number of hydrogen-bond donors (Lipinski definition) is 1. The number of nitrogens with one attached hydrogen (secondary N) is 1. The van der Waals surface area contributed by atoms with Crippen LogP contribution in [0.5, 0.6) is 0 Å². The summed E-state index contributed by atoms with van der Waals surface area (Å²) in [4.78, 5) is 15.6. The number of nitrogens with zero attached hydrogens (tertiary/aromatic N) is 1. The van der Waals surface area contributed by atoms with Gasteiger partial charge in [-0.1, -0.05) is 30.9 Å². The Balaban J connectivity index is 1.81. The monoisotopic (exact) mass is 238 g/mol. The van der Waals surface area contributed by atoms with Gasteiger partial charge in [0.05, 0.1) is 5.56 Å². The highest BCUT2D eigenvalue weighted by molar-refractivity contribution is 6.32. The van der Waals surface area contributed by atoms with Crippen LogP contribution >= 0.6 is 11.6 Å². The fraction of sp³-hybridized carbons (Fsp3) is 0.500. The Labute approximate surface area is 100 Å². The van der Waals surface area contributed by atoms with Crippen LogP contribution < -0.4 is 5.32 Å². The first kappa shape index (κ1) is 11.4. The molecule has 1 amide bonds. The van der Waals surface area contributed by atoms with E-state index in [2.05, 4.69) is 10.3 Å². The number of carbonyl (C=O) groups is 1. The van der Waals surface area contributed by atoms with Gasteiger partial charge in [0, 0.05) is 12.7 Å². The van der Waals surface area contributed by atoms with Crippen molar-refractivity contribution >= 4 is 17.5 Å². The molecule has 0 radical (unpaired) electrons. The summed E-state index contributed by atoms with van der Waals surface area (Å²) in [5.41, 5.74) is 0.456. The van der Waals surface area contributed by atoms with Crippen LogP contribution in [0.3, 0.4) is 0 Å². The number of pyridine rings is 1. The van der Waals surface area contributed by atoms with Gasteiger partial charge in [0.1, 0.15) is 5.15 Å². The number of rotatable bonds is 4. The number of halogens is 1. The van der Waals surface area contributed by atoms with Crippen LogP contribution in [0.15, 0.2) is 18.3 Å². The molecule has 3 nitrogen and oxygen atoms in total. The fourth-order valence-electron chi connectivity index (χ4n) is 1.82. The summed E-state index contributed by atoms with van der Waals surface area (Å²) in [5, 5.41) is 3.14. The van der Waals surface area contributed by atoms with Crippen LogP contribution in [-0.2, 0) is 0 Å². The van der Waals surface area contributed by atoms with Crippen molar-refractivity contribution in [3.8, 4) is 0 Å². The van der Waals surface area contributed by atoms with Crippen LogP contribution in [0.4, 0.5) is 0 Å². The topological polar surface area (TPSA) is 42.0 Å². The highest BCUT2D eigenvalue weighted by atomic mass is 35.5. The van der Waals surface area contributed by atoms with Crippen LogP contribution in [0.25, 0.3) is 0 Å². The second-order valence-electron chi connectivity index (χ2n) is 4.18. The predicted molar refractivity (Wildman–Crippen MR) is 63.5 cm³/mol. The van der Waals surface area contributed by atoms with E-state index in [4.69, 9.17) is 11.6 Å². The third kappa shape index (κ3) is 2.73. The molecule has 1 aromatic rings. The highest BCUT2D eigenvalue weighted by Gasteiger charge is 2.17. The number of carbonyl (C=O) groups excluding carboxylic acids is 1. The van der Waals surface area contributed by atoms with Crippen molar-refractivity contribution in [2.24, 2.45) is 5.92 Å². The van der Waals surface area contributed by atoms with Gasteiger partial charge in [0.2, 0.25) is 0 Å². The molecule has 1 aliphatic rings. The minimum absolute atomic E-state index is 0.127. The molecule has 86 valence electrons. The van der Waals surface area contributed by atoms with E-state index in [1.807, 2.05) is 0 Å². The van der Waals surface area contributed by atoms with Gasteiger partial charge < -0.3 is 5.32 Å². The molecule has 0 atom stereocenters.